The molecule has 1 aliphatic heterocycles. The van der Waals surface area contributed by atoms with Gasteiger partial charge in [0, 0.05) is 24.7 Å². The van der Waals surface area contributed by atoms with Crippen LogP contribution < -0.4 is 9.47 Å². The molecule has 1 aromatic heterocycles. The fourth-order valence-corrected chi connectivity index (χ4v) is 2.55. The number of benzene rings is 1. The second-order valence-electron chi connectivity index (χ2n) is 5.14. The molecular weight excluding hydrogens is 322 g/mol. The molecule has 2 heterocycles. The molecule has 0 spiro atoms. The first-order valence-electron chi connectivity index (χ1n) is 7.30. The molecule has 0 N–H and O–H groups in total. The molecule has 1 aromatic carbocycles. The van der Waals surface area contributed by atoms with Gasteiger partial charge in [0.15, 0.2) is 17.3 Å². The highest BCUT2D eigenvalue weighted by Crippen LogP contribution is 2.37. The molecule has 0 aliphatic carbocycles. The minimum atomic E-state index is 0.233. The quantitative estimate of drug-likeness (QED) is 0.767. The lowest BCUT2D eigenvalue weighted by Crippen LogP contribution is -2.22. The van der Waals surface area contributed by atoms with Gasteiger partial charge < -0.3 is 18.7 Å². The zero-order chi connectivity index (χ0) is 16.2. The number of nitrogens with zero attached hydrogens (tertiary/aromatic N) is 3. The SMILES string of the molecule is CCN(Cc1nc(COC)no1)Cc1cc2c(cc1Cl)OCO2. The number of rotatable bonds is 7. The van der Waals surface area contributed by atoms with Crippen molar-refractivity contribution in [3.05, 3.63) is 34.4 Å². The summed E-state index contributed by atoms with van der Waals surface area (Å²) in [5.41, 5.74) is 0.967. The molecule has 7 nitrogen and oxygen atoms in total. The van der Waals surface area contributed by atoms with E-state index in [4.69, 9.17) is 30.3 Å². The predicted octanol–water partition coefficient (Wildman–Crippen LogP) is 2.62. The van der Waals surface area contributed by atoms with Crippen LogP contribution in [0.3, 0.4) is 0 Å². The highest BCUT2D eigenvalue weighted by Gasteiger charge is 2.18. The van der Waals surface area contributed by atoms with Gasteiger partial charge >= 0.3 is 0 Å². The summed E-state index contributed by atoms with van der Waals surface area (Å²) >= 11 is 6.33. The average molecular weight is 340 g/mol. The number of halogens is 1. The van der Waals surface area contributed by atoms with Crippen LogP contribution in [0, 0.1) is 0 Å². The normalized spacial score (nSPS) is 13.0. The average Bonchev–Trinajstić information content (AvgIpc) is 3.16. The van der Waals surface area contributed by atoms with Crippen LogP contribution in [-0.2, 0) is 24.4 Å². The number of hydrogen-bond acceptors (Lipinski definition) is 7. The van der Waals surface area contributed by atoms with Crippen molar-refractivity contribution in [3.63, 3.8) is 0 Å². The summed E-state index contributed by atoms with van der Waals surface area (Å²) in [6.07, 6.45) is 0. The van der Waals surface area contributed by atoms with Crippen molar-refractivity contribution in [1.29, 1.82) is 0 Å². The van der Waals surface area contributed by atoms with Crippen LogP contribution in [0.1, 0.15) is 24.2 Å². The van der Waals surface area contributed by atoms with E-state index in [1.165, 1.54) is 0 Å². The van der Waals surface area contributed by atoms with E-state index in [0.717, 1.165) is 17.9 Å². The summed E-state index contributed by atoms with van der Waals surface area (Å²) in [4.78, 5) is 6.43. The largest absolute Gasteiger partial charge is 0.454 e. The first kappa shape index (κ1) is 16.0. The van der Waals surface area contributed by atoms with E-state index in [1.54, 1.807) is 13.2 Å². The lowest BCUT2D eigenvalue weighted by atomic mass is 10.2. The number of hydrogen-bond donors (Lipinski definition) is 0. The summed E-state index contributed by atoms with van der Waals surface area (Å²) in [7, 11) is 1.59. The van der Waals surface area contributed by atoms with Crippen molar-refractivity contribution in [3.8, 4) is 11.5 Å². The molecule has 0 amide bonds. The van der Waals surface area contributed by atoms with Gasteiger partial charge in [0.25, 0.3) is 0 Å². The third kappa shape index (κ3) is 3.74. The Hall–Kier alpha value is -1.83. The monoisotopic (exact) mass is 339 g/mol. The third-order valence-electron chi connectivity index (χ3n) is 3.53. The molecule has 1 aliphatic rings. The first-order valence-corrected chi connectivity index (χ1v) is 7.68. The molecule has 124 valence electrons. The van der Waals surface area contributed by atoms with E-state index in [1.807, 2.05) is 6.07 Å². The van der Waals surface area contributed by atoms with Crippen LogP contribution in [0.5, 0.6) is 11.5 Å². The van der Waals surface area contributed by atoms with Gasteiger partial charge in [-0.1, -0.05) is 23.7 Å². The van der Waals surface area contributed by atoms with Crippen LogP contribution in [0.25, 0.3) is 0 Å². The minimum Gasteiger partial charge on any atom is -0.454 e. The number of ether oxygens (including phenoxy) is 3. The minimum absolute atomic E-state index is 0.233. The van der Waals surface area contributed by atoms with Crippen LogP contribution in [0.15, 0.2) is 16.7 Å². The van der Waals surface area contributed by atoms with E-state index >= 15 is 0 Å². The van der Waals surface area contributed by atoms with Crippen molar-refractivity contribution in [2.45, 2.75) is 26.6 Å². The van der Waals surface area contributed by atoms with Gasteiger partial charge in [-0.2, -0.15) is 4.98 Å². The van der Waals surface area contributed by atoms with Crippen LogP contribution in [-0.4, -0.2) is 35.5 Å². The summed E-state index contributed by atoms with van der Waals surface area (Å²) in [6.45, 7) is 4.63. The lowest BCUT2D eigenvalue weighted by Gasteiger charge is -2.19. The lowest BCUT2D eigenvalue weighted by molar-refractivity contribution is 0.174. The highest BCUT2D eigenvalue weighted by molar-refractivity contribution is 6.31. The van der Waals surface area contributed by atoms with Crippen LogP contribution >= 0.6 is 11.6 Å². The van der Waals surface area contributed by atoms with E-state index in [9.17, 15) is 0 Å². The van der Waals surface area contributed by atoms with E-state index in [0.29, 0.717) is 42.2 Å². The van der Waals surface area contributed by atoms with E-state index < -0.39 is 0 Å². The Morgan fingerprint density at radius 1 is 1.26 bits per heavy atom. The molecule has 0 bridgehead atoms. The molecule has 0 atom stereocenters. The van der Waals surface area contributed by atoms with Crippen LogP contribution in [0.4, 0.5) is 0 Å². The van der Waals surface area contributed by atoms with Gasteiger partial charge in [0.1, 0.15) is 6.61 Å². The molecule has 3 rings (SSSR count). The smallest absolute Gasteiger partial charge is 0.240 e. The molecular formula is C15H18ClN3O4. The first-order chi connectivity index (χ1) is 11.2. The number of methoxy groups -OCH3 is 1. The van der Waals surface area contributed by atoms with Gasteiger partial charge in [-0.05, 0) is 18.2 Å². The Bertz CT molecular complexity index is 677. The summed E-state index contributed by atoms with van der Waals surface area (Å²) < 4.78 is 20.9. The molecule has 0 radical (unpaired) electrons. The fourth-order valence-electron chi connectivity index (χ4n) is 2.33. The topological polar surface area (TPSA) is 69.9 Å². The van der Waals surface area contributed by atoms with Gasteiger partial charge in [0.05, 0.1) is 6.54 Å². The third-order valence-corrected chi connectivity index (χ3v) is 3.88. The highest BCUT2D eigenvalue weighted by atomic mass is 35.5. The Morgan fingerprint density at radius 2 is 2.04 bits per heavy atom. The maximum atomic E-state index is 6.33. The van der Waals surface area contributed by atoms with Crippen molar-refractivity contribution < 1.29 is 18.7 Å². The Balaban J connectivity index is 1.69. The summed E-state index contributed by atoms with van der Waals surface area (Å²) in [5.74, 6) is 2.50. The Labute approximate surface area is 139 Å². The van der Waals surface area contributed by atoms with Gasteiger partial charge in [-0.25, -0.2) is 0 Å². The Kier molecular flexibility index (Phi) is 5.00. The zero-order valence-corrected chi connectivity index (χ0v) is 13.8. The second kappa shape index (κ2) is 7.16. The van der Waals surface area contributed by atoms with Crippen LogP contribution in [0.2, 0.25) is 5.02 Å². The maximum Gasteiger partial charge on any atom is 0.240 e. The standard InChI is InChI=1S/C15H18ClN3O4/c1-3-19(7-15-17-14(8-20-2)18-23-15)6-10-4-12-13(5-11(10)16)22-9-21-12/h4-5H,3,6-9H2,1-2H3. The van der Waals surface area contributed by atoms with E-state index in [-0.39, 0.29) is 6.79 Å². The fraction of sp³-hybridized carbons (Fsp3) is 0.467. The molecule has 0 fully saturated rings. The Morgan fingerprint density at radius 3 is 2.78 bits per heavy atom. The summed E-state index contributed by atoms with van der Waals surface area (Å²) in [5, 5.41) is 4.52. The van der Waals surface area contributed by atoms with Gasteiger partial charge in [-0.15, -0.1) is 0 Å². The predicted molar refractivity (Wildman–Crippen MR) is 82.4 cm³/mol. The maximum absolute atomic E-state index is 6.33. The molecule has 23 heavy (non-hydrogen) atoms. The molecule has 0 saturated heterocycles. The molecule has 8 heteroatoms. The van der Waals surface area contributed by atoms with Gasteiger partial charge in [-0.3, -0.25) is 4.90 Å². The van der Waals surface area contributed by atoms with Crippen molar-refractivity contribution in [2.75, 3.05) is 20.4 Å². The number of aromatic nitrogens is 2. The molecule has 2 aromatic rings. The van der Waals surface area contributed by atoms with E-state index in [2.05, 4.69) is 22.0 Å². The zero-order valence-electron chi connectivity index (χ0n) is 13.0. The number of fused-ring (bicyclic) bond motifs is 1. The second-order valence-corrected chi connectivity index (χ2v) is 5.54. The molecule has 0 unspecified atom stereocenters. The van der Waals surface area contributed by atoms with Crippen molar-refractivity contribution in [2.24, 2.45) is 0 Å². The van der Waals surface area contributed by atoms with Crippen molar-refractivity contribution >= 4 is 11.6 Å². The van der Waals surface area contributed by atoms with Crippen molar-refractivity contribution in [1.82, 2.24) is 15.0 Å². The molecule has 0 saturated carbocycles. The van der Waals surface area contributed by atoms with Gasteiger partial charge in [0.2, 0.25) is 12.7 Å². The summed E-state index contributed by atoms with van der Waals surface area (Å²) in [6, 6.07) is 3.70.